The normalized spacial score (nSPS) is 27.6. The van der Waals surface area contributed by atoms with Crippen molar-refractivity contribution in [3.63, 3.8) is 0 Å². The molecule has 26 heavy (non-hydrogen) atoms. The summed E-state index contributed by atoms with van der Waals surface area (Å²) in [4.78, 5) is 4.93. The maximum atomic E-state index is 10.5. The van der Waals surface area contributed by atoms with Gasteiger partial charge < -0.3 is 5.11 Å². The summed E-state index contributed by atoms with van der Waals surface area (Å²) in [6.45, 7) is 10.8. The molecule has 3 rings (SSSR count). The van der Waals surface area contributed by atoms with E-state index in [9.17, 15) is 5.11 Å². The van der Waals surface area contributed by atoms with Crippen LogP contribution in [0.15, 0.2) is 28.8 Å². The number of aliphatic imine (C=N–C) groups is 1. The van der Waals surface area contributed by atoms with Gasteiger partial charge in [-0.05, 0) is 95.5 Å². The maximum Gasteiger partial charge on any atom is 0.0623 e. The molecule has 1 N–H and O–H groups in total. The Kier molecular flexibility index (Phi) is 9.54. The molecule has 3 aliphatic carbocycles. The zero-order valence-corrected chi connectivity index (χ0v) is 18.6. The molecule has 0 aliphatic heterocycles. The Balaban J connectivity index is 0.000000486. The molecule has 0 aromatic carbocycles. The quantitative estimate of drug-likeness (QED) is 0.515. The molecular formula is C23H34NOTi. The summed E-state index contributed by atoms with van der Waals surface area (Å²) >= 11 is 0. The Hall–Kier alpha value is -0.176. The van der Waals surface area contributed by atoms with Gasteiger partial charge in [-0.1, -0.05) is 32.1 Å². The Morgan fingerprint density at radius 2 is 1.73 bits per heavy atom. The molecule has 0 heterocycles. The van der Waals surface area contributed by atoms with Crippen LogP contribution in [0.5, 0.6) is 0 Å². The van der Waals surface area contributed by atoms with Gasteiger partial charge >= 0.3 is 0 Å². The van der Waals surface area contributed by atoms with Crippen LogP contribution in [0, 0.1) is 43.4 Å². The van der Waals surface area contributed by atoms with Gasteiger partial charge in [0.2, 0.25) is 0 Å². The first kappa shape index (κ1) is 23.9. The summed E-state index contributed by atoms with van der Waals surface area (Å²) in [7, 11) is 0. The summed E-state index contributed by atoms with van der Waals surface area (Å²) < 4.78 is 0. The summed E-state index contributed by atoms with van der Waals surface area (Å²) in [6.07, 6.45) is 20.4. The molecule has 0 aromatic heterocycles. The number of allylic oxidation sites excluding steroid dienone is 4. The van der Waals surface area contributed by atoms with Gasteiger partial charge in [0.1, 0.15) is 0 Å². The van der Waals surface area contributed by atoms with Gasteiger partial charge in [-0.2, -0.15) is 0 Å². The van der Waals surface area contributed by atoms with Crippen molar-refractivity contribution in [2.75, 3.05) is 0 Å². The number of aliphatic hydroxyl groups is 1. The predicted molar refractivity (Wildman–Crippen MR) is 108 cm³/mol. The first-order valence-electron chi connectivity index (χ1n) is 9.48. The number of nitrogens with zero attached hydrogens (tertiary/aromatic N) is 1. The van der Waals surface area contributed by atoms with Crippen LogP contribution in [-0.4, -0.2) is 22.5 Å². The average molecular weight is 388 g/mol. The van der Waals surface area contributed by atoms with Crippen LogP contribution >= 0.6 is 0 Å². The number of aliphatic hydroxyl groups excluding tert-OH is 1. The fraction of sp³-hybridized carbons (Fsp3) is 0.565. The van der Waals surface area contributed by atoms with Gasteiger partial charge in [0.15, 0.2) is 0 Å². The minimum Gasteiger partial charge on any atom is -0.392 e. The van der Waals surface area contributed by atoms with E-state index in [0.717, 1.165) is 25.7 Å². The SMILES string of the molecule is CC(C)(C)N=C(C[C@H]1CCC(C)(C)[C@H]1O)C1=CC=CC1.[CH]1[CH][CH][CH][CH]1.[Ti]. The summed E-state index contributed by atoms with van der Waals surface area (Å²) in [5, 5.41) is 10.5. The second-order valence-electron chi connectivity index (χ2n) is 8.95. The van der Waals surface area contributed by atoms with Crippen LogP contribution in [-0.2, 0) is 21.7 Å². The standard InChI is InChI=1S/C18H29NO.C5H5.Ti/c1-17(2,3)19-15(13-8-6-7-9-13)12-14-10-11-18(4,5)16(14)20;1-2-4-5-3-1;/h6-8,14,16,20H,9-12H2,1-5H3;1-5H;/t14-,16+;;/m1../s1. The molecule has 2 nitrogen and oxygen atoms in total. The van der Waals surface area contributed by atoms with Gasteiger partial charge in [-0.25, -0.2) is 0 Å². The maximum absolute atomic E-state index is 10.5. The van der Waals surface area contributed by atoms with E-state index in [0.29, 0.717) is 5.92 Å². The monoisotopic (exact) mass is 388 g/mol. The van der Waals surface area contributed by atoms with E-state index in [1.165, 1.54) is 11.3 Å². The molecule has 0 spiro atoms. The minimum atomic E-state index is -0.206. The van der Waals surface area contributed by atoms with Gasteiger partial charge in [0.05, 0.1) is 11.6 Å². The molecule has 0 aromatic rings. The van der Waals surface area contributed by atoms with Crippen molar-refractivity contribution in [3.05, 3.63) is 55.9 Å². The Bertz CT molecular complexity index is 513. The molecule has 5 radical (unpaired) electrons. The van der Waals surface area contributed by atoms with Crippen molar-refractivity contribution in [1.82, 2.24) is 0 Å². The van der Waals surface area contributed by atoms with E-state index in [2.05, 4.69) is 52.8 Å². The smallest absolute Gasteiger partial charge is 0.0623 e. The first-order chi connectivity index (χ1) is 11.7. The molecule has 2 fully saturated rings. The van der Waals surface area contributed by atoms with E-state index in [-0.39, 0.29) is 38.8 Å². The topological polar surface area (TPSA) is 32.6 Å². The van der Waals surface area contributed by atoms with E-state index in [4.69, 9.17) is 4.99 Å². The number of hydrogen-bond donors (Lipinski definition) is 1. The third-order valence-corrected chi connectivity index (χ3v) is 5.03. The molecule has 2 atom stereocenters. The van der Waals surface area contributed by atoms with Gasteiger partial charge in [0, 0.05) is 27.4 Å². The molecule has 0 bridgehead atoms. The molecule has 3 heteroatoms. The molecule has 3 aliphatic rings. The fourth-order valence-corrected chi connectivity index (χ4v) is 3.60. The summed E-state index contributed by atoms with van der Waals surface area (Å²) in [5.74, 6) is 0.354. The minimum absolute atomic E-state index is 0. The van der Waals surface area contributed by atoms with Crippen molar-refractivity contribution >= 4 is 5.71 Å². The predicted octanol–water partition coefficient (Wildman–Crippen LogP) is 5.32. The molecular weight excluding hydrogens is 354 g/mol. The Labute approximate surface area is 176 Å². The number of rotatable bonds is 3. The van der Waals surface area contributed by atoms with E-state index >= 15 is 0 Å². The molecule has 0 amide bonds. The largest absolute Gasteiger partial charge is 0.392 e. The van der Waals surface area contributed by atoms with Crippen molar-refractivity contribution in [2.24, 2.45) is 16.3 Å². The first-order valence-corrected chi connectivity index (χ1v) is 9.48. The van der Waals surface area contributed by atoms with Crippen LogP contribution in [0.1, 0.15) is 60.3 Å². The van der Waals surface area contributed by atoms with Crippen LogP contribution < -0.4 is 0 Å². The Morgan fingerprint density at radius 3 is 2.12 bits per heavy atom. The fourth-order valence-electron chi connectivity index (χ4n) is 3.60. The second-order valence-corrected chi connectivity index (χ2v) is 8.95. The second kappa shape index (κ2) is 10.4. The van der Waals surface area contributed by atoms with Crippen LogP contribution in [0.2, 0.25) is 0 Å². The van der Waals surface area contributed by atoms with Gasteiger partial charge in [-0.15, -0.1) is 0 Å². The van der Waals surface area contributed by atoms with Gasteiger partial charge in [-0.3, -0.25) is 4.99 Å². The summed E-state index contributed by atoms with van der Waals surface area (Å²) in [6, 6.07) is 0. The van der Waals surface area contributed by atoms with Crippen LogP contribution in [0.4, 0.5) is 0 Å². The van der Waals surface area contributed by atoms with Crippen LogP contribution in [0.25, 0.3) is 0 Å². The zero-order chi connectivity index (χ0) is 18.5. The van der Waals surface area contributed by atoms with Crippen molar-refractivity contribution in [3.8, 4) is 0 Å². The zero-order valence-electron chi connectivity index (χ0n) is 17.0. The third kappa shape index (κ3) is 7.45. The van der Waals surface area contributed by atoms with Gasteiger partial charge in [0.25, 0.3) is 0 Å². The van der Waals surface area contributed by atoms with E-state index in [1.807, 2.05) is 32.1 Å². The molecule has 2 saturated carbocycles. The van der Waals surface area contributed by atoms with Crippen LogP contribution in [0.3, 0.4) is 0 Å². The molecule has 0 unspecified atom stereocenters. The molecule has 141 valence electrons. The van der Waals surface area contributed by atoms with E-state index in [1.54, 1.807) is 0 Å². The van der Waals surface area contributed by atoms with Crippen molar-refractivity contribution < 1.29 is 26.8 Å². The molecule has 0 saturated heterocycles. The third-order valence-electron chi connectivity index (χ3n) is 5.03. The number of hydrogen-bond acceptors (Lipinski definition) is 2. The average Bonchev–Trinajstić information content (AvgIpc) is 3.26. The summed E-state index contributed by atoms with van der Waals surface area (Å²) in [5.41, 5.74) is 2.53. The van der Waals surface area contributed by atoms with E-state index < -0.39 is 0 Å². The van der Waals surface area contributed by atoms with Crippen molar-refractivity contribution in [1.29, 1.82) is 0 Å². The Morgan fingerprint density at radius 1 is 1.15 bits per heavy atom. The van der Waals surface area contributed by atoms with Crippen molar-refractivity contribution in [2.45, 2.75) is 71.9 Å².